The second-order valence-electron chi connectivity index (χ2n) is 6.53. The molecule has 1 aliphatic rings. The first kappa shape index (κ1) is 16.9. The molecule has 2 heterocycles. The highest BCUT2D eigenvalue weighted by molar-refractivity contribution is 5.89. The van der Waals surface area contributed by atoms with Crippen molar-refractivity contribution in [1.82, 2.24) is 14.7 Å². The van der Waals surface area contributed by atoms with Gasteiger partial charge in [0.1, 0.15) is 5.82 Å². The normalized spacial score (nSPS) is 19.9. The van der Waals surface area contributed by atoms with Crippen LogP contribution in [0.2, 0.25) is 0 Å². The molecule has 25 heavy (non-hydrogen) atoms. The van der Waals surface area contributed by atoms with Gasteiger partial charge in [-0.2, -0.15) is 0 Å². The summed E-state index contributed by atoms with van der Waals surface area (Å²) in [6.45, 7) is 3.95. The SMILES string of the molecule is Cc1cc(NC(=O)N2CCC(C)(C(=O)O)C2)nn1-c1cccc(F)c1. The van der Waals surface area contributed by atoms with Gasteiger partial charge in [-0.25, -0.2) is 13.9 Å². The van der Waals surface area contributed by atoms with Gasteiger partial charge in [-0.05, 0) is 38.5 Å². The predicted molar refractivity (Wildman–Crippen MR) is 89.2 cm³/mol. The highest BCUT2D eigenvalue weighted by atomic mass is 19.1. The summed E-state index contributed by atoms with van der Waals surface area (Å²) in [4.78, 5) is 25.1. The molecule has 1 fully saturated rings. The number of hydrogen-bond acceptors (Lipinski definition) is 3. The molecule has 0 radical (unpaired) electrons. The number of halogens is 1. The van der Waals surface area contributed by atoms with E-state index in [1.54, 1.807) is 32.0 Å². The number of anilines is 1. The maximum Gasteiger partial charge on any atom is 0.323 e. The standard InChI is InChI=1S/C17H19FN4O3/c1-11-8-14(20-22(11)13-5-3-4-12(18)9-13)19-16(25)21-7-6-17(2,10-21)15(23)24/h3-5,8-9H,6-7,10H2,1-2H3,(H,23,24)(H,19,20,25). The van der Waals surface area contributed by atoms with Gasteiger partial charge in [-0.3, -0.25) is 10.1 Å². The van der Waals surface area contributed by atoms with Crippen molar-refractivity contribution in [3.8, 4) is 5.69 Å². The van der Waals surface area contributed by atoms with E-state index in [4.69, 9.17) is 0 Å². The molecule has 1 aliphatic heterocycles. The summed E-state index contributed by atoms with van der Waals surface area (Å²) in [5.74, 6) is -0.951. The Balaban J connectivity index is 1.73. The summed E-state index contributed by atoms with van der Waals surface area (Å²) in [5.41, 5.74) is 0.365. The Morgan fingerprint density at radius 1 is 1.36 bits per heavy atom. The Hall–Kier alpha value is -2.90. The Morgan fingerprint density at radius 3 is 2.76 bits per heavy atom. The lowest BCUT2D eigenvalue weighted by molar-refractivity contribution is -0.146. The van der Waals surface area contributed by atoms with Gasteiger partial charge >= 0.3 is 12.0 Å². The number of aryl methyl sites for hydroxylation is 1. The van der Waals surface area contributed by atoms with Crippen molar-refractivity contribution < 1.29 is 19.1 Å². The highest BCUT2D eigenvalue weighted by Crippen LogP contribution is 2.30. The fraction of sp³-hybridized carbons (Fsp3) is 0.353. The van der Waals surface area contributed by atoms with Crippen LogP contribution >= 0.6 is 0 Å². The molecule has 0 saturated carbocycles. The van der Waals surface area contributed by atoms with E-state index in [-0.39, 0.29) is 12.4 Å². The minimum Gasteiger partial charge on any atom is -0.481 e. The fourth-order valence-corrected chi connectivity index (χ4v) is 2.90. The molecule has 0 spiro atoms. The minimum absolute atomic E-state index is 0.151. The number of hydrogen-bond donors (Lipinski definition) is 2. The molecule has 0 bridgehead atoms. The van der Waals surface area contributed by atoms with Crippen LogP contribution in [0.4, 0.5) is 15.0 Å². The lowest BCUT2D eigenvalue weighted by atomic mass is 9.90. The smallest absolute Gasteiger partial charge is 0.323 e. The van der Waals surface area contributed by atoms with Crippen molar-refractivity contribution in [2.75, 3.05) is 18.4 Å². The van der Waals surface area contributed by atoms with Crippen LogP contribution in [0.25, 0.3) is 5.69 Å². The molecule has 3 rings (SSSR count). The molecule has 1 atom stereocenters. The first-order chi connectivity index (χ1) is 11.8. The van der Waals surface area contributed by atoms with Crippen LogP contribution in [0.1, 0.15) is 19.0 Å². The van der Waals surface area contributed by atoms with E-state index in [0.29, 0.717) is 24.5 Å². The van der Waals surface area contributed by atoms with Crippen molar-refractivity contribution in [2.45, 2.75) is 20.3 Å². The zero-order valence-electron chi connectivity index (χ0n) is 14.0. The average Bonchev–Trinajstić information content (AvgIpc) is 3.12. The lowest BCUT2D eigenvalue weighted by Gasteiger charge is -2.20. The van der Waals surface area contributed by atoms with E-state index in [1.807, 2.05) is 0 Å². The minimum atomic E-state index is -0.922. The van der Waals surface area contributed by atoms with Crippen LogP contribution < -0.4 is 5.32 Å². The maximum atomic E-state index is 13.4. The highest BCUT2D eigenvalue weighted by Gasteiger charge is 2.42. The number of likely N-dealkylation sites (tertiary alicyclic amines) is 1. The second-order valence-corrected chi connectivity index (χ2v) is 6.53. The zero-order valence-corrected chi connectivity index (χ0v) is 14.0. The van der Waals surface area contributed by atoms with Crippen molar-refractivity contribution in [3.05, 3.63) is 41.8 Å². The van der Waals surface area contributed by atoms with Crippen molar-refractivity contribution in [1.29, 1.82) is 0 Å². The number of rotatable bonds is 3. The Labute approximate surface area is 144 Å². The van der Waals surface area contributed by atoms with E-state index >= 15 is 0 Å². The number of carbonyl (C=O) groups excluding carboxylic acids is 1. The van der Waals surface area contributed by atoms with Crippen LogP contribution in [0.3, 0.4) is 0 Å². The quantitative estimate of drug-likeness (QED) is 0.894. The van der Waals surface area contributed by atoms with Crippen molar-refractivity contribution in [3.63, 3.8) is 0 Å². The Morgan fingerprint density at radius 2 is 2.12 bits per heavy atom. The number of aliphatic carboxylic acids is 1. The molecule has 7 nitrogen and oxygen atoms in total. The summed E-state index contributed by atoms with van der Waals surface area (Å²) in [5, 5.41) is 16.2. The van der Waals surface area contributed by atoms with Crippen LogP contribution in [0.5, 0.6) is 0 Å². The molecule has 2 amide bonds. The predicted octanol–water partition coefficient (Wildman–Crippen LogP) is 2.65. The molecular weight excluding hydrogens is 327 g/mol. The van der Waals surface area contributed by atoms with Gasteiger partial charge in [-0.15, -0.1) is 5.10 Å². The largest absolute Gasteiger partial charge is 0.481 e. The third-order valence-electron chi connectivity index (χ3n) is 4.45. The monoisotopic (exact) mass is 346 g/mol. The average molecular weight is 346 g/mol. The number of carbonyl (C=O) groups is 2. The van der Waals surface area contributed by atoms with Crippen LogP contribution in [-0.4, -0.2) is 44.9 Å². The third kappa shape index (κ3) is 3.33. The lowest BCUT2D eigenvalue weighted by Crippen LogP contribution is -2.37. The van der Waals surface area contributed by atoms with Gasteiger partial charge in [0.15, 0.2) is 5.82 Å². The van der Waals surface area contributed by atoms with Crippen LogP contribution in [0.15, 0.2) is 30.3 Å². The third-order valence-corrected chi connectivity index (χ3v) is 4.45. The number of aromatic nitrogens is 2. The van der Waals surface area contributed by atoms with E-state index < -0.39 is 17.4 Å². The molecule has 2 N–H and O–H groups in total. The number of urea groups is 1. The number of carboxylic acid groups (broad SMARTS) is 1. The summed E-state index contributed by atoms with van der Waals surface area (Å²) in [7, 11) is 0. The first-order valence-electron chi connectivity index (χ1n) is 7.90. The van der Waals surface area contributed by atoms with Gasteiger partial charge in [-0.1, -0.05) is 6.07 Å². The van der Waals surface area contributed by atoms with Crippen LogP contribution in [0, 0.1) is 18.2 Å². The molecular formula is C17H19FN4O3. The fourth-order valence-electron chi connectivity index (χ4n) is 2.90. The van der Waals surface area contributed by atoms with Crippen LogP contribution in [-0.2, 0) is 4.79 Å². The maximum absolute atomic E-state index is 13.4. The summed E-state index contributed by atoms with van der Waals surface area (Å²) < 4.78 is 14.9. The Kier molecular flexibility index (Phi) is 4.20. The molecule has 1 saturated heterocycles. The molecule has 132 valence electrons. The van der Waals surface area contributed by atoms with Gasteiger partial charge in [0.05, 0.1) is 11.1 Å². The van der Waals surface area contributed by atoms with Gasteiger partial charge < -0.3 is 10.0 Å². The van der Waals surface area contributed by atoms with Gasteiger partial charge in [0.2, 0.25) is 0 Å². The molecule has 1 aromatic carbocycles. The number of nitrogens with zero attached hydrogens (tertiary/aromatic N) is 3. The number of carboxylic acids is 1. The van der Waals surface area contributed by atoms with E-state index in [0.717, 1.165) is 5.69 Å². The zero-order chi connectivity index (χ0) is 18.2. The number of benzene rings is 1. The van der Waals surface area contributed by atoms with Crippen molar-refractivity contribution >= 4 is 17.8 Å². The molecule has 8 heteroatoms. The molecule has 1 aromatic heterocycles. The number of amides is 2. The number of nitrogens with one attached hydrogen (secondary N) is 1. The molecule has 1 unspecified atom stereocenters. The summed E-state index contributed by atoms with van der Waals surface area (Å²) in [6.07, 6.45) is 0.409. The first-order valence-corrected chi connectivity index (χ1v) is 7.90. The van der Waals surface area contributed by atoms with Gasteiger partial charge in [0.25, 0.3) is 0 Å². The molecule has 0 aliphatic carbocycles. The second kappa shape index (κ2) is 6.19. The summed E-state index contributed by atoms with van der Waals surface area (Å²) >= 11 is 0. The molecule has 2 aromatic rings. The van der Waals surface area contributed by atoms with Gasteiger partial charge in [0, 0.05) is 24.8 Å². The van der Waals surface area contributed by atoms with E-state index in [9.17, 15) is 19.1 Å². The Bertz CT molecular complexity index is 835. The topological polar surface area (TPSA) is 87.5 Å². The van der Waals surface area contributed by atoms with E-state index in [1.165, 1.54) is 21.7 Å². The van der Waals surface area contributed by atoms with E-state index in [2.05, 4.69) is 10.4 Å². The van der Waals surface area contributed by atoms with Crippen molar-refractivity contribution in [2.24, 2.45) is 5.41 Å². The summed E-state index contributed by atoms with van der Waals surface area (Å²) in [6, 6.07) is 7.28.